The molecule has 0 unspecified atom stereocenters. The second-order valence-electron chi connectivity index (χ2n) is 8.34. The van der Waals surface area contributed by atoms with Gasteiger partial charge in [0.25, 0.3) is 0 Å². The molecule has 31 heavy (non-hydrogen) atoms. The number of aryl methyl sites for hydroxylation is 1. The number of rotatable bonds is 4. The number of amides is 1. The van der Waals surface area contributed by atoms with Gasteiger partial charge >= 0.3 is 0 Å². The van der Waals surface area contributed by atoms with Crippen molar-refractivity contribution in [2.75, 3.05) is 11.1 Å². The van der Waals surface area contributed by atoms with Crippen molar-refractivity contribution < 1.29 is 9.53 Å². The fourth-order valence-electron chi connectivity index (χ4n) is 3.72. The minimum atomic E-state index is -0.199. The molecule has 1 aliphatic heterocycles. The van der Waals surface area contributed by atoms with Gasteiger partial charge in [0.15, 0.2) is 0 Å². The van der Waals surface area contributed by atoms with Crippen molar-refractivity contribution in [2.45, 2.75) is 44.4 Å². The number of nitrogens with one attached hydrogen (secondary N) is 1. The molecular formula is C23H22N4O2S2. The van der Waals surface area contributed by atoms with E-state index < -0.39 is 0 Å². The van der Waals surface area contributed by atoms with Crippen molar-refractivity contribution in [3.63, 3.8) is 0 Å². The van der Waals surface area contributed by atoms with Crippen LogP contribution in [-0.2, 0) is 22.6 Å². The number of thioether (sulfide) groups is 1. The highest BCUT2D eigenvalue weighted by molar-refractivity contribution is 8.00. The third kappa shape index (κ3) is 4.15. The third-order valence-electron chi connectivity index (χ3n) is 5.23. The molecule has 0 bridgehead atoms. The van der Waals surface area contributed by atoms with E-state index in [9.17, 15) is 4.79 Å². The number of carbonyl (C=O) groups excluding carboxylic acids is 1. The van der Waals surface area contributed by atoms with Gasteiger partial charge in [0, 0.05) is 23.1 Å². The van der Waals surface area contributed by atoms with Crippen molar-refractivity contribution in [3.8, 4) is 0 Å². The Balaban J connectivity index is 1.41. The highest BCUT2D eigenvalue weighted by atomic mass is 32.2. The van der Waals surface area contributed by atoms with E-state index in [1.807, 2.05) is 31.2 Å². The fraction of sp³-hybridized carbons (Fsp3) is 0.304. The van der Waals surface area contributed by atoms with Gasteiger partial charge in [0.2, 0.25) is 5.91 Å². The Kier molecular flexibility index (Phi) is 5.16. The van der Waals surface area contributed by atoms with Gasteiger partial charge in [-0.1, -0.05) is 23.9 Å². The van der Waals surface area contributed by atoms with Crippen LogP contribution in [0.5, 0.6) is 0 Å². The molecule has 0 saturated heterocycles. The van der Waals surface area contributed by atoms with Crippen molar-refractivity contribution in [1.29, 1.82) is 0 Å². The quantitative estimate of drug-likeness (QED) is 0.343. The molecule has 0 saturated carbocycles. The molecule has 0 atom stereocenters. The number of nitrogens with zero attached hydrogens (tertiary/aromatic N) is 3. The molecule has 0 radical (unpaired) electrons. The minimum Gasteiger partial charge on any atom is -0.370 e. The Hall–Kier alpha value is -2.55. The molecule has 1 N–H and O–H groups in total. The summed E-state index contributed by atoms with van der Waals surface area (Å²) in [4.78, 5) is 27.3. The van der Waals surface area contributed by atoms with Crippen LogP contribution in [0, 0.1) is 6.92 Å². The third-order valence-corrected chi connectivity index (χ3v) is 7.45. The summed E-state index contributed by atoms with van der Waals surface area (Å²) in [5.41, 5.74) is 4.82. The number of hydrogen-bond acceptors (Lipinski definition) is 7. The molecule has 4 aromatic rings. The van der Waals surface area contributed by atoms with Crippen molar-refractivity contribution >= 4 is 55.1 Å². The second-order valence-corrected chi connectivity index (χ2v) is 10.3. The van der Waals surface area contributed by atoms with Crippen LogP contribution < -0.4 is 5.32 Å². The number of thiophene rings is 1. The molecule has 8 heteroatoms. The average Bonchev–Trinajstić information content (AvgIpc) is 3.08. The van der Waals surface area contributed by atoms with Crippen LogP contribution in [-0.4, -0.2) is 32.2 Å². The van der Waals surface area contributed by atoms with Crippen molar-refractivity contribution in [2.24, 2.45) is 0 Å². The zero-order valence-electron chi connectivity index (χ0n) is 17.6. The lowest BCUT2D eigenvalue weighted by molar-refractivity contribution is -0.113. The molecule has 0 fully saturated rings. The highest BCUT2D eigenvalue weighted by Crippen LogP contribution is 2.38. The number of anilines is 1. The topological polar surface area (TPSA) is 77.0 Å². The molecule has 6 nitrogen and oxygen atoms in total. The van der Waals surface area contributed by atoms with Crippen LogP contribution in [0.3, 0.4) is 0 Å². The summed E-state index contributed by atoms with van der Waals surface area (Å²) in [6.45, 7) is 6.75. The van der Waals surface area contributed by atoms with Crippen LogP contribution in [0.25, 0.3) is 20.4 Å². The summed E-state index contributed by atoms with van der Waals surface area (Å²) in [7, 11) is 0. The maximum absolute atomic E-state index is 12.4. The number of ether oxygens (including phenoxy) is 1. The lowest BCUT2D eigenvalue weighted by Gasteiger charge is -2.30. The first kappa shape index (κ1) is 20.4. The number of aromatic nitrogens is 3. The largest absolute Gasteiger partial charge is 0.370 e. The van der Waals surface area contributed by atoms with Crippen LogP contribution in [0.4, 0.5) is 5.69 Å². The first-order valence-corrected chi connectivity index (χ1v) is 11.9. The Bertz CT molecular complexity index is 1320. The summed E-state index contributed by atoms with van der Waals surface area (Å²) < 4.78 is 6.93. The first-order chi connectivity index (χ1) is 14.9. The Labute approximate surface area is 188 Å². The van der Waals surface area contributed by atoms with E-state index in [0.717, 1.165) is 54.4 Å². The van der Waals surface area contributed by atoms with Crippen molar-refractivity contribution in [3.05, 3.63) is 53.5 Å². The van der Waals surface area contributed by atoms with E-state index in [2.05, 4.69) is 35.2 Å². The Morgan fingerprint density at radius 2 is 2.16 bits per heavy atom. The summed E-state index contributed by atoms with van der Waals surface area (Å²) in [5, 5.41) is 4.78. The normalized spacial score (nSPS) is 15.2. The predicted octanol–water partition coefficient (Wildman–Crippen LogP) is 5.13. The summed E-state index contributed by atoms with van der Waals surface area (Å²) in [6.07, 6.45) is 2.35. The van der Waals surface area contributed by atoms with E-state index in [-0.39, 0.29) is 17.3 Å². The standard InChI is InChI=1S/C23H22N4O2S2/c1-13-5-4-6-15(7-13)26-18(28)11-30-22-20-19(24-12-25-22)16-8-14-10-29-23(2,3)9-17(14)27-21(16)31-20/h4-8,12H,9-11H2,1-3H3,(H,26,28). The van der Waals surface area contributed by atoms with Gasteiger partial charge < -0.3 is 10.1 Å². The number of pyridine rings is 1. The Morgan fingerprint density at radius 1 is 1.29 bits per heavy atom. The zero-order valence-corrected chi connectivity index (χ0v) is 19.2. The fourth-order valence-corrected chi connectivity index (χ4v) is 5.73. The van der Waals surface area contributed by atoms with Crippen LogP contribution >= 0.6 is 23.1 Å². The summed E-state index contributed by atoms with van der Waals surface area (Å²) in [5.74, 6) is 0.219. The molecule has 1 aliphatic rings. The first-order valence-electron chi connectivity index (χ1n) is 10.1. The average molecular weight is 451 g/mol. The van der Waals surface area contributed by atoms with Gasteiger partial charge in [0.05, 0.1) is 33.9 Å². The van der Waals surface area contributed by atoms with E-state index in [1.165, 1.54) is 11.8 Å². The lowest BCUT2D eigenvalue weighted by atomic mass is 9.95. The molecule has 3 aromatic heterocycles. The minimum absolute atomic E-state index is 0.0588. The molecule has 158 valence electrons. The van der Waals surface area contributed by atoms with Gasteiger partial charge in [-0.05, 0) is 44.5 Å². The van der Waals surface area contributed by atoms with E-state index in [4.69, 9.17) is 9.72 Å². The molecule has 4 heterocycles. The predicted molar refractivity (Wildman–Crippen MR) is 126 cm³/mol. The SMILES string of the molecule is Cc1cccc(NC(=O)CSc2ncnc3c2sc2nc4c(cc23)COC(C)(C)C4)c1. The zero-order chi connectivity index (χ0) is 21.6. The number of carbonyl (C=O) groups is 1. The van der Waals surface area contributed by atoms with Gasteiger partial charge in [-0.25, -0.2) is 15.0 Å². The molecule has 0 aliphatic carbocycles. The van der Waals surface area contributed by atoms with Crippen LogP contribution in [0.15, 0.2) is 41.7 Å². The van der Waals surface area contributed by atoms with E-state index in [0.29, 0.717) is 6.61 Å². The monoisotopic (exact) mass is 450 g/mol. The van der Waals surface area contributed by atoms with E-state index in [1.54, 1.807) is 17.7 Å². The van der Waals surface area contributed by atoms with Gasteiger partial charge in [-0.3, -0.25) is 4.79 Å². The van der Waals surface area contributed by atoms with E-state index >= 15 is 0 Å². The summed E-state index contributed by atoms with van der Waals surface area (Å²) in [6, 6.07) is 9.93. The van der Waals surface area contributed by atoms with Crippen molar-refractivity contribution in [1.82, 2.24) is 15.0 Å². The molecule has 1 aromatic carbocycles. The van der Waals surface area contributed by atoms with Gasteiger partial charge in [-0.15, -0.1) is 11.3 Å². The van der Waals surface area contributed by atoms with Crippen LogP contribution in [0.2, 0.25) is 0 Å². The van der Waals surface area contributed by atoms with Crippen LogP contribution in [0.1, 0.15) is 30.7 Å². The lowest BCUT2D eigenvalue weighted by Crippen LogP contribution is -2.32. The molecule has 1 amide bonds. The molecule has 5 rings (SSSR count). The second kappa shape index (κ2) is 7.85. The number of hydrogen-bond donors (Lipinski definition) is 1. The smallest absolute Gasteiger partial charge is 0.234 e. The maximum Gasteiger partial charge on any atom is 0.234 e. The highest BCUT2D eigenvalue weighted by Gasteiger charge is 2.28. The number of benzene rings is 1. The number of fused-ring (bicyclic) bond motifs is 4. The van der Waals surface area contributed by atoms with Gasteiger partial charge in [-0.2, -0.15) is 0 Å². The molecular weight excluding hydrogens is 428 g/mol. The maximum atomic E-state index is 12.4. The van der Waals surface area contributed by atoms with Gasteiger partial charge in [0.1, 0.15) is 16.2 Å². The Morgan fingerprint density at radius 3 is 3.00 bits per heavy atom. The molecule has 0 spiro atoms. The summed E-state index contributed by atoms with van der Waals surface area (Å²) >= 11 is 3.01.